The molecule has 2 aromatic carbocycles. The molecule has 0 radical (unpaired) electrons. The number of carbonyl (C=O) groups excluding carboxylic acids is 2. The monoisotopic (exact) mass is 439 g/mol. The first-order valence-electron chi connectivity index (χ1n) is 9.29. The Morgan fingerprint density at radius 3 is 2.45 bits per heavy atom. The van der Waals surface area contributed by atoms with Gasteiger partial charge in [-0.25, -0.2) is 0 Å². The van der Waals surface area contributed by atoms with E-state index in [0.29, 0.717) is 0 Å². The summed E-state index contributed by atoms with van der Waals surface area (Å²) >= 11 is 5.99. The van der Waals surface area contributed by atoms with Gasteiger partial charge in [-0.15, -0.1) is 0 Å². The fourth-order valence-corrected chi connectivity index (χ4v) is 3.27. The van der Waals surface area contributed by atoms with Crippen LogP contribution in [-0.2, 0) is 4.79 Å². The Morgan fingerprint density at radius 2 is 1.77 bits per heavy atom. The number of nitrogens with zero attached hydrogens (tertiary/aromatic N) is 2. The van der Waals surface area contributed by atoms with Gasteiger partial charge in [0.1, 0.15) is 0 Å². The molecule has 8 nitrogen and oxygen atoms in total. The molecule has 158 valence electrons. The minimum Gasteiger partial charge on any atom is -0.347 e. The maximum Gasteiger partial charge on any atom is 0.270 e. The van der Waals surface area contributed by atoms with Crippen LogP contribution in [-0.4, -0.2) is 21.2 Å². The van der Waals surface area contributed by atoms with Crippen LogP contribution in [0.15, 0.2) is 77.7 Å². The molecule has 3 rings (SSSR count). The lowest BCUT2D eigenvalue weighted by atomic mass is 10.0. The molecule has 0 aliphatic carbocycles. The van der Waals surface area contributed by atoms with Crippen LogP contribution in [0.4, 0.5) is 5.69 Å². The summed E-state index contributed by atoms with van der Waals surface area (Å²) in [5.74, 6) is -1.51. The van der Waals surface area contributed by atoms with Crippen molar-refractivity contribution in [2.24, 2.45) is 0 Å². The van der Waals surface area contributed by atoms with Gasteiger partial charge in [0, 0.05) is 30.0 Å². The standard InChI is InChI=1S/C22H18ClN3O5/c1-14(15-6-3-2-4-7-15)24-22(29)20(25-13-17(23)10-11-19(25)27)21(28)16-8-5-9-18(12-16)26(30)31/h2-14,20H,1H3,(H,24,29)/t14-,20-/m0/s1. The summed E-state index contributed by atoms with van der Waals surface area (Å²) in [5.41, 5.74) is -0.193. The van der Waals surface area contributed by atoms with E-state index < -0.39 is 34.3 Å². The first kappa shape index (κ1) is 21.9. The van der Waals surface area contributed by atoms with Gasteiger partial charge in [0.2, 0.25) is 0 Å². The number of nitrogens with one attached hydrogen (secondary N) is 1. The average molecular weight is 440 g/mol. The average Bonchev–Trinajstić information content (AvgIpc) is 2.76. The lowest BCUT2D eigenvalue weighted by molar-refractivity contribution is -0.384. The molecular formula is C22H18ClN3O5. The molecule has 9 heteroatoms. The summed E-state index contributed by atoms with van der Waals surface area (Å²) in [4.78, 5) is 49.3. The number of hydrogen-bond donors (Lipinski definition) is 1. The van der Waals surface area contributed by atoms with Crippen molar-refractivity contribution < 1.29 is 14.5 Å². The van der Waals surface area contributed by atoms with Crippen LogP contribution in [0.2, 0.25) is 5.02 Å². The van der Waals surface area contributed by atoms with E-state index in [1.165, 1.54) is 30.5 Å². The van der Waals surface area contributed by atoms with Crippen molar-refractivity contribution in [3.63, 3.8) is 0 Å². The van der Waals surface area contributed by atoms with Gasteiger partial charge in [-0.05, 0) is 18.6 Å². The lowest BCUT2D eigenvalue weighted by Gasteiger charge is -2.22. The maximum absolute atomic E-state index is 13.3. The summed E-state index contributed by atoms with van der Waals surface area (Å²) in [6.07, 6.45) is 1.19. The number of halogens is 1. The molecule has 0 bridgehead atoms. The number of Topliss-reactive ketones (excluding diaryl/α,β-unsaturated/α-hetero) is 1. The summed E-state index contributed by atoms with van der Waals surface area (Å²) in [7, 11) is 0. The Kier molecular flexibility index (Phi) is 6.61. The number of hydrogen-bond acceptors (Lipinski definition) is 5. The molecule has 0 spiro atoms. The number of carbonyl (C=O) groups is 2. The fourth-order valence-electron chi connectivity index (χ4n) is 3.10. The Morgan fingerprint density at radius 1 is 1.06 bits per heavy atom. The number of non-ortho nitro benzene ring substituents is 1. The number of amides is 1. The van der Waals surface area contributed by atoms with Crippen molar-refractivity contribution in [1.82, 2.24) is 9.88 Å². The molecule has 1 heterocycles. The van der Waals surface area contributed by atoms with Crippen LogP contribution >= 0.6 is 11.6 Å². The number of rotatable bonds is 7. The van der Waals surface area contributed by atoms with E-state index in [1.54, 1.807) is 6.92 Å². The van der Waals surface area contributed by atoms with Crippen molar-refractivity contribution in [3.8, 4) is 0 Å². The predicted octanol–water partition coefficient (Wildman–Crippen LogP) is 3.71. The van der Waals surface area contributed by atoms with E-state index in [9.17, 15) is 24.5 Å². The third-order valence-electron chi connectivity index (χ3n) is 4.68. The highest BCUT2D eigenvalue weighted by molar-refractivity contribution is 6.30. The Bertz CT molecular complexity index is 1190. The second-order valence-corrected chi connectivity index (χ2v) is 7.24. The van der Waals surface area contributed by atoms with Crippen LogP contribution in [0, 0.1) is 10.1 Å². The largest absolute Gasteiger partial charge is 0.347 e. The van der Waals surface area contributed by atoms with Crippen molar-refractivity contribution in [3.05, 3.63) is 110 Å². The first-order valence-corrected chi connectivity index (χ1v) is 9.67. The molecule has 1 N–H and O–H groups in total. The van der Waals surface area contributed by atoms with Gasteiger partial charge in [0.25, 0.3) is 17.2 Å². The minimum absolute atomic E-state index is 0.0754. The van der Waals surface area contributed by atoms with Crippen LogP contribution < -0.4 is 10.9 Å². The molecule has 0 fully saturated rings. The van der Waals surface area contributed by atoms with E-state index in [4.69, 9.17) is 11.6 Å². The maximum atomic E-state index is 13.3. The van der Waals surface area contributed by atoms with Gasteiger partial charge < -0.3 is 5.32 Å². The van der Waals surface area contributed by atoms with Crippen molar-refractivity contribution in [1.29, 1.82) is 0 Å². The van der Waals surface area contributed by atoms with Gasteiger partial charge in [-0.2, -0.15) is 0 Å². The van der Waals surface area contributed by atoms with E-state index in [0.717, 1.165) is 22.3 Å². The fraction of sp³-hybridized carbons (Fsp3) is 0.136. The van der Waals surface area contributed by atoms with Gasteiger partial charge in [0.15, 0.2) is 11.8 Å². The molecule has 1 aromatic heterocycles. The lowest BCUT2D eigenvalue weighted by Crippen LogP contribution is -2.42. The Labute approximate surface area is 182 Å². The second-order valence-electron chi connectivity index (χ2n) is 6.81. The molecule has 0 saturated heterocycles. The smallest absolute Gasteiger partial charge is 0.270 e. The summed E-state index contributed by atoms with van der Waals surface area (Å²) in [6.45, 7) is 1.74. The zero-order valence-corrected chi connectivity index (χ0v) is 17.2. The highest BCUT2D eigenvalue weighted by atomic mass is 35.5. The topological polar surface area (TPSA) is 111 Å². The van der Waals surface area contributed by atoms with Gasteiger partial charge in [0.05, 0.1) is 16.0 Å². The molecule has 1 amide bonds. The highest BCUT2D eigenvalue weighted by Gasteiger charge is 2.32. The quantitative estimate of drug-likeness (QED) is 0.261. The number of aromatic nitrogens is 1. The van der Waals surface area contributed by atoms with Crippen LogP contribution in [0.1, 0.15) is 34.9 Å². The zero-order valence-electron chi connectivity index (χ0n) is 16.4. The Balaban J connectivity index is 2.02. The van der Waals surface area contributed by atoms with Gasteiger partial charge in [-0.3, -0.25) is 29.1 Å². The van der Waals surface area contributed by atoms with Crippen molar-refractivity contribution in [2.45, 2.75) is 19.0 Å². The molecule has 31 heavy (non-hydrogen) atoms. The molecule has 0 saturated carbocycles. The highest BCUT2D eigenvalue weighted by Crippen LogP contribution is 2.21. The normalized spacial score (nSPS) is 12.6. The van der Waals surface area contributed by atoms with E-state index in [2.05, 4.69) is 5.32 Å². The number of ketones is 1. The van der Waals surface area contributed by atoms with E-state index >= 15 is 0 Å². The Hall–Kier alpha value is -3.78. The second kappa shape index (κ2) is 9.36. The number of pyridine rings is 1. The van der Waals surface area contributed by atoms with Gasteiger partial charge >= 0.3 is 0 Å². The molecule has 0 aliphatic rings. The van der Waals surface area contributed by atoms with E-state index in [-0.39, 0.29) is 16.3 Å². The molecule has 0 unspecified atom stereocenters. The molecular weight excluding hydrogens is 422 g/mol. The summed E-state index contributed by atoms with van der Waals surface area (Å²) in [5, 5.41) is 14.0. The molecule has 3 aromatic rings. The third kappa shape index (κ3) is 5.04. The minimum atomic E-state index is -1.60. The predicted molar refractivity (Wildman–Crippen MR) is 115 cm³/mol. The third-order valence-corrected chi connectivity index (χ3v) is 4.90. The number of benzene rings is 2. The van der Waals surface area contributed by atoms with Crippen LogP contribution in [0.25, 0.3) is 0 Å². The van der Waals surface area contributed by atoms with Gasteiger partial charge in [-0.1, -0.05) is 54.1 Å². The molecule has 0 aliphatic heterocycles. The first-order chi connectivity index (χ1) is 14.8. The van der Waals surface area contributed by atoms with E-state index in [1.807, 2.05) is 30.3 Å². The number of nitro groups is 1. The molecule has 2 atom stereocenters. The SMILES string of the molecule is C[C@H](NC(=O)[C@H](C(=O)c1cccc([N+](=O)[O-])c1)n1cc(Cl)ccc1=O)c1ccccc1. The number of nitro benzene ring substituents is 1. The van der Waals surface area contributed by atoms with Crippen molar-refractivity contribution >= 4 is 29.0 Å². The summed E-state index contributed by atoms with van der Waals surface area (Å²) < 4.78 is 0.927. The van der Waals surface area contributed by atoms with Crippen LogP contribution in [0.3, 0.4) is 0 Å². The van der Waals surface area contributed by atoms with Crippen LogP contribution in [0.5, 0.6) is 0 Å². The zero-order chi connectivity index (χ0) is 22.5. The van der Waals surface area contributed by atoms with Crippen molar-refractivity contribution in [2.75, 3.05) is 0 Å². The summed E-state index contributed by atoms with van der Waals surface area (Å²) in [6, 6.07) is 14.5.